The normalized spacial score (nSPS) is 23.0. The molecule has 29 heavy (non-hydrogen) atoms. The predicted molar refractivity (Wildman–Crippen MR) is 109 cm³/mol. The molecule has 2 fully saturated rings. The second kappa shape index (κ2) is 9.79. The highest BCUT2D eigenvalue weighted by Gasteiger charge is 2.41. The summed E-state index contributed by atoms with van der Waals surface area (Å²) < 4.78 is 1.40. The number of benzene rings is 1. The van der Waals surface area contributed by atoms with E-state index in [-0.39, 0.29) is 54.7 Å². The lowest BCUT2D eigenvalue weighted by atomic mass is 9.89. The van der Waals surface area contributed by atoms with Gasteiger partial charge in [0, 0.05) is 25.0 Å². The molecule has 0 aliphatic carbocycles. The fourth-order valence-corrected chi connectivity index (χ4v) is 3.59. The number of nitrogens with one attached hydrogen (secondary N) is 5. The number of halogens is 1. The molecule has 1 aromatic carbocycles. The number of carbonyl (C=O) groups excluding carboxylic acids is 2. The van der Waals surface area contributed by atoms with Gasteiger partial charge >= 0.3 is 0 Å². The fraction of sp³-hybridized carbons (Fsp3) is 0.444. The number of amides is 2. The molecule has 10 nitrogen and oxygen atoms in total. The summed E-state index contributed by atoms with van der Waals surface area (Å²) in [6.07, 6.45) is 2.41. The molecule has 11 heteroatoms. The third-order valence-corrected chi connectivity index (χ3v) is 5.07. The predicted octanol–water partition coefficient (Wildman–Crippen LogP) is -0.591. The first kappa shape index (κ1) is 21.2. The van der Waals surface area contributed by atoms with Gasteiger partial charge < -0.3 is 10.6 Å². The summed E-state index contributed by atoms with van der Waals surface area (Å²) in [5.74, 6) is 0.00821. The largest absolute Gasteiger partial charge is 0.350 e. The van der Waals surface area contributed by atoms with Gasteiger partial charge in [-0.15, -0.1) is 17.5 Å². The summed E-state index contributed by atoms with van der Waals surface area (Å²) >= 11 is 0. The number of aromatic nitrogens is 3. The highest BCUT2D eigenvalue weighted by Crippen LogP contribution is 2.20. The van der Waals surface area contributed by atoms with Crippen molar-refractivity contribution in [1.82, 2.24) is 36.2 Å². The maximum Gasteiger partial charge on any atom is 0.248 e. The minimum absolute atomic E-state index is 0. The van der Waals surface area contributed by atoms with Gasteiger partial charge in [0.25, 0.3) is 0 Å². The van der Waals surface area contributed by atoms with E-state index in [1.54, 1.807) is 0 Å². The third-order valence-electron chi connectivity index (χ3n) is 5.07. The van der Waals surface area contributed by atoms with Crippen molar-refractivity contribution in [3.63, 3.8) is 0 Å². The second-order valence-electron chi connectivity index (χ2n) is 7.05. The van der Waals surface area contributed by atoms with Gasteiger partial charge in [0.15, 0.2) is 0 Å². The Labute approximate surface area is 174 Å². The number of anilines is 1. The SMILES string of the molecule is Cl.O=C(Cn1cnc(NC(=O)C2NNC3CCNCC32)n1)NCc1ccccc1. The number of fused-ring (bicyclic) bond motifs is 1. The second-order valence-corrected chi connectivity index (χ2v) is 7.05. The minimum atomic E-state index is -0.348. The summed E-state index contributed by atoms with van der Waals surface area (Å²) in [7, 11) is 0. The molecule has 2 aliphatic rings. The monoisotopic (exact) mass is 420 g/mol. The summed E-state index contributed by atoms with van der Waals surface area (Å²) in [5.41, 5.74) is 7.27. The van der Waals surface area contributed by atoms with Gasteiger partial charge in [-0.3, -0.25) is 20.3 Å². The van der Waals surface area contributed by atoms with Crippen LogP contribution >= 0.6 is 12.4 Å². The molecule has 3 heterocycles. The van der Waals surface area contributed by atoms with Gasteiger partial charge in [0.05, 0.1) is 0 Å². The van der Waals surface area contributed by atoms with Crippen molar-refractivity contribution in [2.24, 2.45) is 5.92 Å². The number of rotatable bonds is 6. The molecule has 0 radical (unpaired) electrons. The first-order chi connectivity index (χ1) is 13.7. The molecule has 3 atom stereocenters. The summed E-state index contributed by atoms with van der Waals surface area (Å²) in [5, 5.41) is 13.0. The van der Waals surface area contributed by atoms with Crippen molar-refractivity contribution in [1.29, 1.82) is 0 Å². The van der Waals surface area contributed by atoms with Crippen molar-refractivity contribution >= 4 is 30.2 Å². The topological polar surface area (TPSA) is 125 Å². The molecule has 2 aromatic rings. The Balaban J connectivity index is 0.00000240. The molecule has 5 N–H and O–H groups in total. The Kier molecular flexibility index (Phi) is 7.15. The Bertz CT molecular complexity index is 830. The Morgan fingerprint density at radius 2 is 2.03 bits per heavy atom. The summed E-state index contributed by atoms with van der Waals surface area (Å²) in [6, 6.07) is 9.61. The molecule has 2 saturated heterocycles. The maximum atomic E-state index is 12.6. The van der Waals surface area contributed by atoms with E-state index in [1.165, 1.54) is 11.0 Å². The number of nitrogens with zero attached hydrogens (tertiary/aromatic N) is 3. The zero-order valence-electron chi connectivity index (χ0n) is 15.8. The minimum Gasteiger partial charge on any atom is -0.350 e. The lowest BCUT2D eigenvalue weighted by Crippen LogP contribution is -2.47. The number of hydrogen-bond acceptors (Lipinski definition) is 7. The van der Waals surface area contributed by atoms with E-state index in [1.807, 2.05) is 30.3 Å². The molecule has 2 aliphatic heterocycles. The average molecular weight is 421 g/mol. The number of hydrogen-bond donors (Lipinski definition) is 5. The highest BCUT2D eigenvalue weighted by molar-refractivity contribution is 5.93. The zero-order chi connectivity index (χ0) is 19.3. The van der Waals surface area contributed by atoms with Crippen LogP contribution in [0, 0.1) is 5.92 Å². The van der Waals surface area contributed by atoms with Gasteiger partial charge in [-0.2, -0.15) is 0 Å². The van der Waals surface area contributed by atoms with Gasteiger partial charge in [0.1, 0.15) is 18.9 Å². The summed E-state index contributed by atoms with van der Waals surface area (Å²) in [6.45, 7) is 2.22. The van der Waals surface area contributed by atoms with Crippen molar-refractivity contribution in [3.05, 3.63) is 42.2 Å². The molecule has 156 valence electrons. The van der Waals surface area contributed by atoms with E-state index in [0.29, 0.717) is 6.54 Å². The molecule has 0 bridgehead atoms. The van der Waals surface area contributed by atoms with Crippen molar-refractivity contribution in [2.75, 3.05) is 18.4 Å². The number of hydrazine groups is 1. The van der Waals surface area contributed by atoms with E-state index >= 15 is 0 Å². The van der Waals surface area contributed by atoms with Crippen LogP contribution in [-0.4, -0.2) is 51.8 Å². The standard InChI is InChI=1S/C18H24N8O2.ClH/c27-15(20-8-12-4-2-1-3-5-12)10-26-11-21-18(25-26)22-17(28)16-13-9-19-7-6-14(13)23-24-16;/h1-5,11,13-14,16,19,23-24H,6-10H2,(H,20,27)(H,22,25,28);1H. The lowest BCUT2D eigenvalue weighted by Gasteiger charge is -2.27. The van der Waals surface area contributed by atoms with Crippen LogP contribution in [-0.2, 0) is 22.7 Å². The van der Waals surface area contributed by atoms with Gasteiger partial charge in [-0.05, 0) is 18.5 Å². The van der Waals surface area contributed by atoms with Gasteiger partial charge in [-0.1, -0.05) is 30.3 Å². The molecule has 0 spiro atoms. The molecule has 2 amide bonds. The van der Waals surface area contributed by atoms with E-state index in [4.69, 9.17) is 0 Å². The lowest BCUT2D eigenvalue weighted by molar-refractivity contribution is -0.122. The van der Waals surface area contributed by atoms with E-state index in [9.17, 15) is 9.59 Å². The van der Waals surface area contributed by atoms with Crippen molar-refractivity contribution in [2.45, 2.75) is 31.6 Å². The van der Waals surface area contributed by atoms with E-state index in [0.717, 1.165) is 25.1 Å². The first-order valence-electron chi connectivity index (χ1n) is 9.42. The van der Waals surface area contributed by atoms with Crippen LogP contribution < -0.4 is 26.8 Å². The van der Waals surface area contributed by atoms with Crippen LogP contribution in [0.1, 0.15) is 12.0 Å². The van der Waals surface area contributed by atoms with Crippen LogP contribution in [0.5, 0.6) is 0 Å². The zero-order valence-corrected chi connectivity index (χ0v) is 16.6. The van der Waals surface area contributed by atoms with Crippen molar-refractivity contribution in [3.8, 4) is 0 Å². The molecule has 3 unspecified atom stereocenters. The van der Waals surface area contributed by atoms with Gasteiger partial charge in [-0.25, -0.2) is 15.1 Å². The molecular formula is C18H25ClN8O2. The molecule has 4 rings (SSSR count). The van der Waals surface area contributed by atoms with E-state index < -0.39 is 0 Å². The Morgan fingerprint density at radius 3 is 2.86 bits per heavy atom. The Morgan fingerprint density at radius 1 is 1.21 bits per heavy atom. The third kappa shape index (κ3) is 5.30. The maximum absolute atomic E-state index is 12.6. The number of piperidine rings is 1. The van der Waals surface area contributed by atoms with Crippen LogP contribution in [0.4, 0.5) is 5.95 Å². The Hall–Kier alpha value is -2.53. The summed E-state index contributed by atoms with van der Waals surface area (Å²) in [4.78, 5) is 28.7. The average Bonchev–Trinajstić information content (AvgIpc) is 3.34. The van der Waals surface area contributed by atoms with Crippen LogP contribution in [0.2, 0.25) is 0 Å². The van der Waals surface area contributed by atoms with Crippen LogP contribution in [0.15, 0.2) is 36.7 Å². The number of carbonyl (C=O) groups is 2. The van der Waals surface area contributed by atoms with Crippen LogP contribution in [0.3, 0.4) is 0 Å². The fourth-order valence-electron chi connectivity index (χ4n) is 3.59. The molecule has 0 saturated carbocycles. The quantitative estimate of drug-likeness (QED) is 0.423. The molecular weight excluding hydrogens is 396 g/mol. The molecule has 1 aromatic heterocycles. The van der Waals surface area contributed by atoms with Crippen molar-refractivity contribution < 1.29 is 9.59 Å². The van der Waals surface area contributed by atoms with Gasteiger partial charge in [0.2, 0.25) is 17.8 Å². The smallest absolute Gasteiger partial charge is 0.248 e. The van der Waals surface area contributed by atoms with Crippen LogP contribution in [0.25, 0.3) is 0 Å². The highest BCUT2D eigenvalue weighted by atomic mass is 35.5. The van der Waals surface area contributed by atoms with E-state index in [2.05, 4.69) is 36.9 Å². The first-order valence-corrected chi connectivity index (χ1v) is 9.42.